The summed E-state index contributed by atoms with van der Waals surface area (Å²) < 4.78 is 23.7. The van der Waals surface area contributed by atoms with Gasteiger partial charge in [0.15, 0.2) is 6.61 Å². The number of fused-ring (bicyclic) bond motifs is 1. The summed E-state index contributed by atoms with van der Waals surface area (Å²) in [6.45, 7) is 4.56. The lowest BCUT2D eigenvalue weighted by Crippen LogP contribution is -2.49. The number of piperazine rings is 1. The highest BCUT2D eigenvalue weighted by atomic mass is 19.1. The van der Waals surface area contributed by atoms with Crippen LogP contribution in [0.1, 0.15) is 11.1 Å². The predicted molar refractivity (Wildman–Crippen MR) is 113 cm³/mol. The number of nitrogens with zero attached hydrogens (tertiary/aromatic N) is 2. The largest absolute Gasteiger partial charge is 0.508 e. The summed E-state index contributed by atoms with van der Waals surface area (Å²) in [6.07, 6.45) is 0. The first-order valence-corrected chi connectivity index (χ1v) is 10.0. The van der Waals surface area contributed by atoms with Crippen LogP contribution >= 0.6 is 0 Å². The van der Waals surface area contributed by atoms with Crippen LogP contribution in [0.15, 0.2) is 51.7 Å². The maximum Gasteiger partial charge on any atom is 0.336 e. The Morgan fingerprint density at radius 3 is 2.55 bits per heavy atom. The average molecular weight is 426 g/mol. The van der Waals surface area contributed by atoms with Crippen molar-refractivity contribution in [3.63, 3.8) is 0 Å². The van der Waals surface area contributed by atoms with Gasteiger partial charge in [-0.05, 0) is 48.9 Å². The fraction of sp³-hybridized carbons (Fsp3) is 0.304. The van der Waals surface area contributed by atoms with E-state index in [0.717, 1.165) is 10.9 Å². The molecule has 1 fully saturated rings. The number of hydrogen-bond acceptors (Lipinski definition) is 6. The monoisotopic (exact) mass is 426 g/mol. The Kier molecular flexibility index (Phi) is 5.90. The summed E-state index contributed by atoms with van der Waals surface area (Å²) in [5.41, 5.74) is 1.30. The second-order valence-corrected chi connectivity index (χ2v) is 7.58. The number of carbonyl (C=O) groups excluding carboxylic acids is 1. The Balaban J connectivity index is 1.36. The zero-order valence-electron chi connectivity index (χ0n) is 17.1. The quantitative estimate of drug-likeness (QED) is 0.632. The van der Waals surface area contributed by atoms with E-state index in [9.17, 15) is 19.1 Å². The number of phenolic OH excluding ortho intramolecular Hbond substituents is 1. The lowest BCUT2D eigenvalue weighted by molar-refractivity contribution is -0.135. The summed E-state index contributed by atoms with van der Waals surface area (Å²) in [4.78, 5) is 28.3. The number of halogens is 1. The minimum Gasteiger partial charge on any atom is -0.508 e. The van der Waals surface area contributed by atoms with Gasteiger partial charge in [0.2, 0.25) is 0 Å². The van der Waals surface area contributed by atoms with E-state index in [-0.39, 0.29) is 24.1 Å². The van der Waals surface area contributed by atoms with E-state index in [1.165, 1.54) is 30.3 Å². The standard InChI is InChI=1S/C23H23FN2O5/c1-15-20(27)7-6-19-16(12-22(29)31-23(15)19)13-25-8-10-26(11-9-25)21(28)14-30-18-4-2-17(24)3-5-18/h2-7,12,27H,8-11,13-14H2,1H3. The average Bonchev–Trinajstić information content (AvgIpc) is 2.76. The highest BCUT2D eigenvalue weighted by molar-refractivity contribution is 5.84. The molecule has 2 aromatic carbocycles. The first-order valence-electron chi connectivity index (χ1n) is 10.0. The SMILES string of the molecule is Cc1c(O)ccc2c(CN3CCN(C(=O)COc4ccc(F)cc4)CC3)cc(=O)oc12. The number of carbonyl (C=O) groups is 1. The normalized spacial score (nSPS) is 14.7. The van der Waals surface area contributed by atoms with Gasteiger partial charge in [0.05, 0.1) is 0 Å². The third-order valence-electron chi connectivity index (χ3n) is 5.51. The Bertz CT molecular complexity index is 1150. The van der Waals surface area contributed by atoms with Crippen LogP contribution in [0.4, 0.5) is 4.39 Å². The van der Waals surface area contributed by atoms with Crippen molar-refractivity contribution >= 4 is 16.9 Å². The van der Waals surface area contributed by atoms with Crippen molar-refractivity contribution in [1.29, 1.82) is 0 Å². The first kappa shape index (κ1) is 20.9. The van der Waals surface area contributed by atoms with Gasteiger partial charge in [-0.1, -0.05) is 0 Å². The molecule has 0 atom stereocenters. The van der Waals surface area contributed by atoms with Gasteiger partial charge in [-0.3, -0.25) is 9.69 Å². The number of aryl methyl sites for hydroxylation is 1. The van der Waals surface area contributed by atoms with E-state index in [4.69, 9.17) is 9.15 Å². The van der Waals surface area contributed by atoms with E-state index < -0.39 is 5.63 Å². The lowest BCUT2D eigenvalue weighted by Gasteiger charge is -2.34. The van der Waals surface area contributed by atoms with E-state index in [1.807, 2.05) is 0 Å². The number of amides is 1. The Morgan fingerprint density at radius 1 is 1.13 bits per heavy atom. The molecular formula is C23H23FN2O5. The molecule has 1 aliphatic heterocycles. The van der Waals surface area contributed by atoms with Crippen molar-refractivity contribution in [2.24, 2.45) is 0 Å². The molecular weight excluding hydrogens is 403 g/mol. The molecule has 8 heteroatoms. The third-order valence-corrected chi connectivity index (χ3v) is 5.51. The molecule has 0 saturated carbocycles. The minimum atomic E-state index is -0.456. The van der Waals surface area contributed by atoms with Crippen LogP contribution in [0.3, 0.4) is 0 Å². The molecule has 0 bridgehead atoms. The first-order chi connectivity index (χ1) is 14.9. The smallest absolute Gasteiger partial charge is 0.336 e. The molecule has 7 nitrogen and oxygen atoms in total. The van der Waals surface area contributed by atoms with Crippen LogP contribution in [0.2, 0.25) is 0 Å². The van der Waals surface area contributed by atoms with Gasteiger partial charge in [-0.15, -0.1) is 0 Å². The molecule has 4 rings (SSSR count). The molecule has 1 N–H and O–H groups in total. The number of rotatable bonds is 5. The Hall–Kier alpha value is -3.39. The molecule has 0 unspecified atom stereocenters. The van der Waals surface area contributed by atoms with Gasteiger partial charge in [0, 0.05) is 49.7 Å². The number of ether oxygens (including phenoxy) is 1. The van der Waals surface area contributed by atoms with Crippen molar-refractivity contribution in [1.82, 2.24) is 9.80 Å². The zero-order chi connectivity index (χ0) is 22.0. The zero-order valence-corrected chi connectivity index (χ0v) is 17.1. The predicted octanol–water partition coefficient (Wildman–Crippen LogP) is 2.67. The lowest BCUT2D eigenvalue weighted by atomic mass is 10.1. The van der Waals surface area contributed by atoms with Crippen LogP contribution in [0.5, 0.6) is 11.5 Å². The van der Waals surface area contributed by atoms with Crippen LogP contribution in [-0.2, 0) is 11.3 Å². The maximum atomic E-state index is 12.9. The summed E-state index contributed by atoms with van der Waals surface area (Å²) in [7, 11) is 0. The highest BCUT2D eigenvalue weighted by Crippen LogP contribution is 2.28. The van der Waals surface area contributed by atoms with Crippen molar-refractivity contribution in [3.05, 3.63) is 69.8 Å². The van der Waals surface area contributed by atoms with E-state index in [2.05, 4.69) is 4.90 Å². The van der Waals surface area contributed by atoms with E-state index in [0.29, 0.717) is 49.6 Å². The molecule has 3 aromatic rings. The van der Waals surface area contributed by atoms with Crippen LogP contribution in [0, 0.1) is 12.7 Å². The second-order valence-electron chi connectivity index (χ2n) is 7.58. The number of phenols is 1. The number of benzene rings is 2. The maximum absolute atomic E-state index is 12.9. The van der Waals surface area contributed by atoms with Gasteiger partial charge in [-0.25, -0.2) is 9.18 Å². The molecule has 2 heterocycles. The Morgan fingerprint density at radius 2 is 1.84 bits per heavy atom. The number of hydrogen-bond donors (Lipinski definition) is 1. The van der Waals surface area contributed by atoms with Crippen molar-refractivity contribution < 1.29 is 23.4 Å². The van der Waals surface area contributed by atoms with Crippen molar-refractivity contribution in [2.75, 3.05) is 32.8 Å². The molecule has 0 radical (unpaired) electrons. The van der Waals surface area contributed by atoms with Crippen LogP contribution in [-0.4, -0.2) is 53.6 Å². The molecule has 31 heavy (non-hydrogen) atoms. The van der Waals surface area contributed by atoms with Crippen LogP contribution in [0.25, 0.3) is 11.0 Å². The summed E-state index contributed by atoms with van der Waals surface area (Å²) in [5, 5.41) is 10.7. The molecule has 0 aliphatic carbocycles. The van der Waals surface area contributed by atoms with E-state index >= 15 is 0 Å². The fourth-order valence-corrected chi connectivity index (χ4v) is 3.71. The summed E-state index contributed by atoms with van der Waals surface area (Å²) in [6, 6.07) is 10.4. The molecule has 1 aromatic heterocycles. The van der Waals surface area contributed by atoms with Gasteiger partial charge in [0.1, 0.15) is 22.9 Å². The third kappa shape index (κ3) is 4.69. The molecule has 1 amide bonds. The summed E-state index contributed by atoms with van der Waals surface area (Å²) in [5.74, 6) is 0.0545. The molecule has 162 valence electrons. The highest BCUT2D eigenvalue weighted by Gasteiger charge is 2.22. The number of aromatic hydroxyl groups is 1. The second kappa shape index (κ2) is 8.77. The van der Waals surface area contributed by atoms with Gasteiger partial charge in [-0.2, -0.15) is 0 Å². The van der Waals surface area contributed by atoms with Crippen molar-refractivity contribution in [3.8, 4) is 11.5 Å². The molecule has 0 spiro atoms. The topological polar surface area (TPSA) is 83.2 Å². The Labute approximate surface area is 178 Å². The molecule has 1 saturated heterocycles. The molecule has 1 aliphatic rings. The fourth-order valence-electron chi connectivity index (χ4n) is 3.71. The minimum absolute atomic E-state index is 0.0859. The van der Waals surface area contributed by atoms with Crippen molar-refractivity contribution in [2.45, 2.75) is 13.5 Å². The van der Waals surface area contributed by atoms with E-state index in [1.54, 1.807) is 24.0 Å². The van der Waals surface area contributed by atoms with Crippen LogP contribution < -0.4 is 10.4 Å². The van der Waals surface area contributed by atoms with Gasteiger partial charge < -0.3 is 19.2 Å². The summed E-state index contributed by atoms with van der Waals surface area (Å²) >= 11 is 0. The van der Waals surface area contributed by atoms with Gasteiger partial charge >= 0.3 is 5.63 Å². The van der Waals surface area contributed by atoms with Gasteiger partial charge in [0.25, 0.3) is 5.91 Å².